The molecule has 17 heavy (non-hydrogen) atoms. The Morgan fingerprint density at radius 3 is 1.94 bits per heavy atom. The average molecular weight is 272 g/mol. The first kappa shape index (κ1) is 16.8. The summed E-state index contributed by atoms with van der Waals surface area (Å²) >= 11 is 0. The van der Waals surface area contributed by atoms with Crippen molar-refractivity contribution in [2.45, 2.75) is 6.42 Å². The van der Waals surface area contributed by atoms with Gasteiger partial charge < -0.3 is 9.47 Å². The van der Waals surface area contributed by atoms with E-state index in [0.29, 0.717) is 0 Å². The van der Waals surface area contributed by atoms with E-state index >= 15 is 0 Å². The van der Waals surface area contributed by atoms with Crippen molar-refractivity contribution in [2.75, 3.05) is 25.7 Å². The number of rotatable bonds is 3. The van der Waals surface area contributed by atoms with Gasteiger partial charge in [-0.2, -0.15) is 5.92 Å². The Labute approximate surface area is 122 Å². The standard InChI is InChI=1S/C9H13O6S.Na/c1-14-8(10)7(9(11)15-2)6-3-4-16(12,13)5-6;/h6H,3-5H2,1-2H3;/q-1;+1. The molecule has 1 saturated heterocycles. The van der Waals surface area contributed by atoms with Crippen molar-refractivity contribution in [3.63, 3.8) is 0 Å². The summed E-state index contributed by atoms with van der Waals surface area (Å²) in [4.78, 5) is 22.7. The molecule has 0 aromatic carbocycles. The van der Waals surface area contributed by atoms with E-state index in [1.165, 1.54) is 0 Å². The molecule has 6 nitrogen and oxygen atoms in total. The number of ether oxygens (including phenoxy) is 2. The van der Waals surface area contributed by atoms with E-state index in [1.54, 1.807) is 0 Å². The van der Waals surface area contributed by atoms with Crippen LogP contribution in [0.3, 0.4) is 0 Å². The molecule has 1 aliphatic rings. The third-order valence-electron chi connectivity index (χ3n) is 2.45. The fourth-order valence-corrected chi connectivity index (χ4v) is 3.42. The third-order valence-corrected chi connectivity index (χ3v) is 4.22. The van der Waals surface area contributed by atoms with Gasteiger partial charge in [-0.3, -0.25) is 9.59 Å². The molecule has 1 unspecified atom stereocenters. The minimum atomic E-state index is -3.16. The largest absolute Gasteiger partial charge is 1.00 e. The van der Waals surface area contributed by atoms with Gasteiger partial charge in [0.1, 0.15) is 9.84 Å². The van der Waals surface area contributed by atoms with E-state index in [2.05, 4.69) is 9.47 Å². The second-order valence-electron chi connectivity index (χ2n) is 3.50. The summed E-state index contributed by atoms with van der Waals surface area (Å²) in [6, 6.07) is 0. The molecule has 8 heteroatoms. The molecule has 92 valence electrons. The number of esters is 2. The third kappa shape index (κ3) is 4.17. The van der Waals surface area contributed by atoms with Gasteiger partial charge in [0.05, 0.1) is 14.2 Å². The van der Waals surface area contributed by atoms with Crippen molar-refractivity contribution in [2.24, 2.45) is 5.92 Å². The molecule has 0 aliphatic carbocycles. The summed E-state index contributed by atoms with van der Waals surface area (Å²) in [6.07, 6.45) is 0.252. The zero-order chi connectivity index (χ0) is 12.3. The topological polar surface area (TPSA) is 86.7 Å². The number of hydrogen-bond acceptors (Lipinski definition) is 6. The number of hydrogen-bond donors (Lipinski definition) is 0. The molecule has 0 amide bonds. The van der Waals surface area contributed by atoms with Crippen LogP contribution in [-0.2, 0) is 28.9 Å². The van der Waals surface area contributed by atoms with Crippen molar-refractivity contribution in [1.82, 2.24) is 0 Å². The molecule has 0 bridgehead atoms. The zero-order valence-corrected chi connectivity index (χ0v) is 12.9. The summed E-state index contributed by atoms with van der Waals surface area (Å²) in [5.74, 6) is -2.71. The molecule has 1 aliphatic heterocycles. The first-order chi connectivity index (χ1) is 7.41. The molecular formula is C9H13NaO6S. The smallest absolute Gasteiger partial charge is 0.491 e. The fourth-order valence-electron chi connectivity index (χ4n) is 1.66. The Hall–Kier alpha value is -0.240. The van der Waals surface area contributed by atoms with Crippen molar-refractivity contribution in [3.8, 4) is 0 Å². The quantitative estimate of drug-likeness (QED) is 0.228. The van der Waals surface area contributed by atoms with Crippen LogP contribution in [0.2, 0.25) is 0 Å². The molecule has 1 rings (SSSR count). The fraction of sp³-hybridized carbons (Fsp3) is 0.667. The second kappa shape index (κ2) is 6.63. The van der Waals surface area contributed by atoms with Crippen LogP contribution < -0.4 is 29.6 Å². The van der Waals surface area contributed by atoms with Crippen molar-refractivity contribution >= 4 is 21.8 Å². The first-order valence-electron chi connectivity index (χ1n) is 4.65. The first-order valence-corrected chi connectivity index (χ1v) is 6.47. The monoisotopic (exact) mass is 272 g/mol. The SMILES string of the molecule is COC(=O)[C-](C(=O)OC)C1CCS(=O)(=O)C1.[Na+]. The van der Waals surface area contributed by atoms with E-state index in [0.717, 1.165) is 14.2 Å². The number of sulfone groups is 1. The van der Waals surface area contributed by atoms with Crippen LogP contribution in [0, 0.1) is 11.8 Å². The molecule has 1 atom stereocenters. The summed E-state index contributed by atoms with van der Waals surface area (Å²) in [7, 11) is -0.893. The van der Waals surface area contributed by atoms with E-state index in [-0.39, 0.29) is 53.4 Å². The van der Waals surface area contributed by atoms with E-state index < -0.39 is 27.7 Å². The minimum absolute atomic E-state index is 0. The van der Waals surface area contributed by atoms with Gasteiger partial charge in [-0.15, -0.1) is 5.92 Å². The van der Waals surface area contributed by atoms with Crippen molar-refractivity contribution in [1.29, 1.82) is 0 Å². The normalized spacial score (nSPS) is 21.2. The van der Waals surface area contributed by atoms with Gasteiger partial charge in [-0.25, -0.2) is 8.42 Å². The molecule has 0 radical (unpaired) electrons. The predicted molar refractivity (Wildman–Crippen MR) is 54.0 cm³/mol. The predicted octanol–water partition coefficient (Wildman–Crippen LogP) is -3.65. The molecule has 0 aromatic rings. The summed E-state index contributed by atoms with van der Waals surface area (Å²) in [6.45, 7) is 0. The Morgan fingerprint density at radius 1 is 1.18 bits per heavy atom. The maximum absolute atomic E-state index is 11.4. The molecule has 0 saturated carbocycles. The molecular weight excluding hydrogens is 259 g/mol. The maximum Gasteiger partial charge on any atom is 1.00 e. The van der Waals surface area contributed by atoms with Gasteiger partial charge in [-0.1, -0.05) is 6.42 Å². The molecule has 0 aromatic heterocycles. The van der Waals surface area contributed by atoms with Crippen LogP contribution in [0.5, 0.6) is 0 Å². The van der Waals surface area contributed by atoms with Gasteiger partial charge in [0.2, 0.25) is 0 Å². The van der Waals surface area contributed by atoms with E-state index in [9.17, 15) is 18.0 Å². The number of carbonyl (C=O) groups is 2. The van der Waals surface area contributed by atoms with Crippen LogP contribution in [0.1, 0.15) is 6.42 Å². The Balaban J connectivity index is 0.00000256. The molecule has 0 spiro atoms. The van der Waals surface area contributed by atoms with E-state index in [1.807, 2.05) is 0 Å². The molecule has 0 N–H and O–H groups in total. The Bertz CT molecular complexity index is 374. The van der Waals surface area contributed by atoms with Gasteiger partial charge in [0.15, 0.2) is 11.9 Å². The zero-order valence-electron chi connectivity index (χ0n) is 10.1. The van der Waals surface area contributed by atoms with Crippen LogP contribution >= 0.6 is 0 Å². The summed E-state index contributed by atoms with van der Waals surface area (Å²) in [5.41, 5.74) is 0. The Morgan fingerprint density at radius 2 is 1.65 bits per heavy atom. The van der Waals surface area contributed by atoms with Crippen LogP contribution in [0.15, 0.2) is 0 Å². The summed E-state index contributed by atoms with van der Waals surface area (Å²) in [5, 5.41) is 0. The van der Waals surface area contributed by atoms with Gasteiger partial charge in [-0.05, 0) is 0 Å². The Kier molecular flexibility index (Phi) is 6.53. The van der Waals surface area contributed by atoms with Crippen LogP contribution in [0.4, 0.5) is 0 Å². The number of methoxy groups -OCH3 is 2. The second-order valence-corrected chi connectivity index (χ2v) is 5.73. The van der Waals surface area contributed by atoms with E-state index in [4.69, 9.17) is 0 Å². The summed E-state index contributed by atoms with van der Waals surface area (Å²) < 4.78 is 31.4. The maximum atomic E-state index is 11.4. The molecule has 1 heterocycles. The number of carbonyl (C=O) groups excluding carboxylic acids is 2. The van der Waals surface area contributed by atoms with Gasteiger partial charge in [0, 0.05) is 11.5 Å². The minimum Gasteiger partial charge on any atom is -0.491 e. The van der Waals surface area contributed by atoms with Crippen LogP contribution in [0.25, 0.3) is 0 Å². The van der Waals surface area contributed by atoms with Gasteiger partial charge in [0.25, 0.3) is 0 Å². The molecule has 1 fully saturated rings. The van der Waals surface area contributed by atoms with Crippen molar-refractivity contribution in [3.05, 3.63) is 5.92 Å². The van der Waals surface area contributed by atoms with Crippen LogP contribution in [-0.4, -0.2) is 46.1 Å². The average Bonchev–Trinajstić information content (AvgIpc) is 2.58. The van der Waals surface area contributed by atoms with Crippen molar-refractivity contribution < 1.29 is 57.0 Å². The van der Waals surface area contributed by atoms with Gasteiger partial charge >= 0.3 is 29.6 Å².